The molecule has 0 spiro atoms. The van der Waals surface area contributed by atoms with Crippen molar-refractivity contribution < 1.29 is 30.0 Å². The van der Waals surface area contributed by atoms with Crippen molar-refractivity contribution in [3.05, 3.63) is 77.4 Å². The molecule has 3 heterocycles. The van der Waals surface area contributed by atoms with Gasteiger partial charge in [0.25, 0.3) is 0 Å². The van der Waals surface area contributed by atoms with Crippen molar-refractivity contribution in [1.29, 1.82) is 0 Å². The summed E-state index contributed by atoms with van der Waals surface area (Å²) in [6.07, 6.45) is 9.91. The number of nitrogens with zero attached hydrogens (tertiary/aromatic N) is 3. The van der Waals surface area contributed by atoms with E-state index in [-0.39, 0.29) is 48.9 Å². The van der Waals surface area contributed by atoms with Crippen LogP contribution in [0.2, 0.25) is 0 Å². The van der Waals surface area contributed by atoms with Gasteiger partial charge in [-0.3, -0.25) is 14.8 Å². The van der Waals surface area contributed by atoms with E-state index in [9.17, 15) is 9.90 Å². The minimum atomic E-state index is -0.0376. The second kappa shape index (κ2) is 18.3. The number of aromatic nitrogens is 3. The summed E-state index contributed by atoms with van der Waals surface area (Å²) in [6.45, 7) is 25.4. The monoisotopic (exact) mass is 925 g/mol. The van der Waals surface area contributed by atoms with Crippen LogP contribution < -0.4 is 0 Å². The van der Waals surface area contributed by atoms with Crippen LogP contribution in [0.3, 0.4) is 0 Å². The van der Waals surface area contributed by atoms with Gasteiger partial charge in [-0.25, -0.2) is 4.98 Å². The second-order valence-corrected chi connectivity index (χ2v) is 18.8. The molecule has 1 radical (unpaired) electrons. The molecule has 2 aromatic carbocycles. The molecule has 0 saturated heterocycles. The molecule has 54 heavy (non-hydrogen) atoms. The number of rotatable bonds is 9. The molecule has 0 amide bonds. The molecule has 7 heteroatoms. The first-order chi connectivity index (χ1) is 25.0. The van der Waals surface area contributed by atoms with Gasteiger partial charge in [-0.2, -0.15) is 0 Å². The van der Waals surface area contributed by atoms with Gasteiger partial charge in [0, 0.05) is 69.7 Å². The number of hydrogen-bond acceptors (Lipinski definition) is 6. The average molecular weight is 925 g/mol. The zero-order chi connectivity index (χ0) is 38.8. The van der Waals surface area contributed by atoms with E-state index in [2.05, 4.69) is 119 Å². The smallest absolute Gasteiger partial charge is 0.162 e. The first kappa shape index (κ1) is 43.7. The number of carbonyl (C=O) groups excluding carboxylic acids is 1. The summed E-state index contributed by atoms with van der Waals surface area (Å²) >= 11 is 1.82. The molecule has 293 valence electrons. The van der Waals surface area contributed by atoms with Crippen LogP contribution in [0.4, 0.5) is 0 Å². The maximum Gasteiger partial charge on any atom is 0.162 e. The van der Waals surface area contributed by atoms with Crippen LogP contribution in [0.1, 0.15) is 131 Å². The number of aryl methyl sites for hydroxylation is 1. The zero-order valence-electron chi connectivity index (χ0n) is 34.6. The second-order valence-electron chi connectivity index (χ2n) is 17.8. The van der Waals surface area contributed by atoms with E-state index in [0.29, 0.717) is 29.6 Å². The van der Waals surface area contributed by atoms with E-state index < -0.39 is 0 Å². The Morgan fingerprint density at radius 3 is 2.07 bits per heavy atom. The van der Waals surface area contributed by atoms with Crippen LogP contribution in [-0.2, 0) is 30.3 Å². The molecular formula is C47H62IrN3O2S-. The van der Waals surface area contributed by atoms with Crippen molar-refractivity contribution in [2.24, 2.45) is 35.5 Å². The number of ketones is 1. The van der Waals surface area contributed by atoms with Crippen LogP contribution in [-0.4, -0.2) is 25.8 Å². The molecular weight excluding hydrogens is 863 g/mol. The molecule has 1 aliphatic rings. The Kier molecular flexibility index (Phi) is 14.8. The van der Waals surface area contributed by atoms with Gasteiger partial charge in [-0.15, -0.1) is 29.5 Å². The molecule has 1 fully saturated rings. The predicted octanol–water partition coefficient (Wildman–Crippen LogP) is 13.4. The quantitative estimate of drug-likeness (QED) is 0.0905. The minimum absolute atomic E-state index is 0. The predicted molar refractivity (Wildman–Crippen MR) is 226 cm³/mol. The minimum Gasteiger partial charge on any atom is -0.512 e. The summed E-state index contributed by atoms with van der Waals surface area (Å²) in [6, 6.07) is 17.1. The Bertz CT molecular complexity index is 2070. The first-order valence-corrected chi connectivity index (χ1v) is 20.8. The molecule has 1 N–H and O–H groups in total. The van der Waals surface area contributed by atoms with Crippen LogP contribution >= 0.6 is 11.3 Å². The number of benzene rings is 2. The van der Waals surface area contributed by atoms with Gasteiger partial charge in [0.2, 0.25) is 0 Å². The Morgan fingerprint density at radius 2 is 1.48 bits per heavy atom. The number of pyridine rings is 1. The molecule has 6 rings (SSSR count). The number of aliphatic hydroxyl groups excluding tert-OH is 1. The van der Waals surface area contributed by atoms with Crippen LogP contribution in [0.25, 0.3) is 42.5 Å². The maximum atomic E-state index is 12.3. The summed E-state index contributed by atoms with van der Waals surface area (Å²) in [5.74, 6) is 2.33. The van der Waals surface area contributed by atoms with Crippen molar-refractivity contribution in [2.75, 3.05) is 0 Å². The topological polar surface area (TPSA) is 76.0 Å². The number of hydrogen-bond donors (Lipinski definition) is 1. The number of thiophene rings is 1. The standard InChI is InChI=1S/C30H30N3S.C17H32O2.Ir/c1-18-10-11-21-14-22(15-24(26(21)33-18)30(2,3)4)27-29-28(32-17-31-27)23-13-12-20(16-25(23)34-29)19-8-6-5-7-9-19;1-10(2)16(11(3)4)14(18)9-15(19)17(12(5)6)13(7)8;/h10-13,15-17,19H,5-9H2,1-4H3;9-13,16-18H,1-8H3;/q-1;;/b;14-9-;. The molecule has 1 aliphatic carbocycles. The third kappa shape index (κ3) is 9.86. The molecule has 1 saturated carbocycles. The third-order valence-electron chi connectivity index (χ3n) is 11.1. The number of fused-ring (bicyclic) bond motifs is 4. The zero-order valence-corrected chi connectivity index (χ0v) is 37.8. The van der Waals surface area contributed by atoms with E-state index in [0.717, 1.165) is 38.1 Å². The van der Waals surface area contributed by atoms with Gasteiger partial charge in [0.15, 0.2) is 5.78 Å². The Balaban J connectivity index is 0.000000281. The molecule has 5 nitrogen and oxygen atoms in total. The fourth-order valence-corrected chi connectivity index (χ4v) is 9.86. The van der Waals surface area contributed by atoms with Crippen LogP contribution in [0.15, 0.2) is 54.6 Å². The van der Waals surface area contributed by atoms with Crippen molar-refractivity contribution in [1.82, 2.24) is 15.0 Å². The van der Waals surface area contributed by atoms with Gasteiger partial charge in [-0.05, 0) is 66.4 Å². The summed E-state index contributed by atoms with van der Waals surface area (Å²) in [5.41, 5.74) is 7.79. The van der Waals surface area contributed by atoms with E-state index in [1.54, 1.807) is 6.33 Å². The molecule has 0 bridgehead atoms. The maximum absolute atomic E-state index is 12.3. The van der Waals surface area contributed by atoms with E-state index >= 15 is 0 Å². The number of allylic oxidation sites excluding steroid dienone is 2. The van der Waals surface area contributed by atoms with Crippen molar-refractivity contribution in [3.8, 4) is 11.3 Å². The molecule has 0 unspecified atom stereocenters. The van der Waals surface area contributed by atoms with Crippen LogP contribution in [0.5, 0.6) is 0 Å². The van der Waals surface area contributed by atoms with Crippen molar-refractivity contribution in [2.45, 2.75) is 127 Å². The van der Waals surface area contributed by atoms with Gasteiger partial charge < -0.3 is 5.11 Å². The summed E-state index contributed by atoms with van der Waals surface area (Å²) in [7, 11) is 0. The van der Waals surface area contributed by atoms with E-state index in [1.165, 1.54) is 59.4 Å². The molecule has 0 atom stereocenters. The fraction of sp³-hybridized carbons (Fsp3) is 0.532. The first-order valence-electron chi connectivity index (χ1n) is 19.9. The van der Waals surface area contributed by atoms with Crippen molar-refractivity contribution >= 4 is 48.3 Å². The van der Waals surface area contributed by atoms with Gasteiger partial charge in [-0.1, -0.05) is 130 Å². The third-order valence-corrected chi connectivity index (χ3v) is 12.2. The fourth-order valence-electron chi connectivity index (χ4n) is 8.65. The summed E-state index contributed by atoms with van der Waals surface area (Å²) < 4.78 is 2.46. The van der Waals surface area contributed by atoms with E-state index in [4.69, 9.17) is 15.0 Å². The average Bonchev–Trinajstić information content (AvgIpc) is 3.45. The van der Waals surface area contributed by atoms with Gasteiger partial charge in [0.1, 0.15) is 6.33 Å². The van der Waals surface area contributed by atoms with E-state index in [1.807, 2.05) is 18.3 Å². The summed E-state index contributed by atoms with van der Waals surface area (Å²) in [4.78, 5) is 26.7. The number of aliphatic hydroxyl groups is 1. The Hall–Kier alpha value is -2.99. The van der Waals surface area contributed by atoms with Gasteiger partial charge in [0.05, 0.1) is 11.3 Å². The van der Waals surface area contributed by atoms with Crippen molar-refractivity contribution in [3.63, 3.8) is 0 Å². The van der Waals surface area contributed by atoms with Gasteiger partial charge >= 0.3 is 0 Å². The molecule has 3 aromatic heterocycles. The molecule has 0 aliphatic heterocycles. The normalized spacial score (nSPS) is 14.6. The largest absolute Gasteiger partial charge is 0.512 e. The number of carbonyl (C=O) groups is 1. The van der Waals surface area contributed by atoms with Crippen LogP contribution in [0, 0.1) is 48.5 Å². The SMILES string of the molecule is CC(C)C(C(=O)/C=C(\O)C(C(C)C)C(C)C)C(C)C.Cc1ccc2[c-]c(-c3ncnc4c3sc3cc(C5CCCCC5)ccc34)cc(C(C)(C)C)c2n1.[Ir]. The summed E-state index contributed by atoms with van der Waals surface area (Å²) in [5, 5.41) is 12.5. The molecule has 5 aromatic rings. The Labute approximate surface area is 342 Å². The Morgan fingerprint density at radius 1 is 0.852 bits per heavy atom.